The van der Waals surface area contributed by atoms with Crippen LogP contribution in [0.2, 0.25) is 10.0 Å². The number of urea groups is 1. The van der Waals surface area contributed by atoms with Gasteiger partial charge < -0.3 is 15.4 Å². The fourth-order valence-electron chi connectivity index (χ4n) is 2.55. The van der Waals surface area contributed by atoms with Crippen LogP contribution in [-0.2, 0) is 0 Å². The van der Waals surface area contributed by atoms with Gasteiger partial charge in [-0.3, -0.25) is 0 Å². The van der Waals surface area contributed by atoms with Crippen LogP contribution >= 0.6 is 23.2 Å². The molecule has 0 unspecified atom stereocenters. The first kappa shape index (κ1) is 19.7. The number of nitrogens with zero attached hydrogens (tertiary/aromatic N) is 4. The van der Waals surface area contributed by atoms with Gasteiger partial charge >= 0.3 is 6.03 Å². The molecule has 8 nitrogen and oxygen atoms in total. The molecule has 30 heavy (non-hydrogen) atoms. The first-order chi connectivity index (χ1) is 14.6. The summed E-state index contributed by atoms with van der Waals surface area (Å²) in [4.78, 5) is 20.5. The van der Waals surface area contributed by atoms with Crippen LogP contribution < -0.4 is 15.4 Å². The summed E-state index contributed by atoms with van der Waals surface area (Å²) in [6.45, 7) is 0. The Bertz CT molecular complexity index is 1170. The molecule has 2 heterocycles. The van der Waals surface area contributed by atoms with E-state index in [1.54, 1.807) is 59.7 Å². The summed E-state index contributed by atoms with van der Waals surface area (Å²) < 4.78 is 7.36. The SMILES string of the molecule is O=C(Nc1ccc(-n2cncn2)cc1)Nc1cccnc1Oc1ccc(Cl)cc1Cl. The average molecular weight is 441 g/mol. The Balaban J connectivity index is 1.44. The molecule has 0 spiro atoms. The van der Waals surface area contributed by atoms with Gasteiger partial charge in [0.15, 0.2) is 0 Å². The molecule has 0 saturated heterocycles. The molecule has 10 heteroatoms. The largest absolute Gasteiger partial charge is 0.435 e. The molecule has 0 aliphatic carbocycles. The highest BCUT2D eigenvalue weighted by atomic mass is 35.5. The van der Waals surface area contributed by atoms with E-state index in [2.05, 4.69) is 25.7 Å². The van der Waals surface area contributed by atoms with E-state index in [1.165, 1.54) is 6.33 Å². The number of hydrogen-bond donors (Lipinski definition) is 2. The second kappa shape index (κ2) is 8.81. The third kappa shape index (κ3) is 4.68. The Kier molecular flexibility index (Phi) is 5.78. The van der Waals surface area contributed by atoms with E-state index in [0.29, 0.717) is 27.2 Å². The number of anilines is 2. The van der Waals surface area contributed by atoms with Crippen LogP contribution in [0.15, 0.2) is 73.4 Å². The molecule has 0 atom stereocenters. The average Bonchev–Trinajstić information content (AvgIpc) is 3.27. The molecule has 2 aromatic carbocycles. The van der Waals surface area contributed by atoms with Gasteiger partial charge in [-0.1, -0.05) is 23.2 Å². The van der Waals surface area contributed by atoms with Crippen LogP contribution in [-0.4, -0.2) is 25.8 Å². The summed E-state index contributed by atoms with van der Waals surface area (Å²) >= 11 is 12.1. The van der Waals surface area contributed by atoms with Gasteiger partial charge in [-0.15, -0.1) is 0 Å². The number of pyridine rings is 1. The van der Waals surface area contributed by atoms with E-state index in [1.807, 2.05) is 12.1 Å². The first-order valence-corrected chi connectivity index (χ1v) is 9.45. The minimum Gasteiger partial charge on any atom is -0.435 e. The summed E-state index contributed by atoms with van der Waals surface area (Å²) in [6, 6.07) is 14.9. The summed E-state index contributed by atoms with van der Waals surface area (Å²) in [5.41, 5.74) is 1.80. The van der Waals surface area contributed by atoms with Gasteiger partial charge in [-0.05, 0) is 54.6 Å². The molecule has 4 rings (SSSR count). The molecular formula is C20H14Cl2N6O2. The number of carbonyl (C=O) groups is 1. The summed E-state index contributed by atoms with van der Waals surface area (Å²) in [5, 5.41) is 10.3. The fourth-order valence-corrected chi connectivity index (χ4v) is 3.00. The van der Waals surface area contributed by atoms with Crippen LogP contribution in [0.1, 0.15) is 0 Å². The van der Waals surface area contributed by atoms with Crippen molar-refractivity contribution in [2.45, 2.75) is 0 Å². The van der Waals surface area contributed by atoms with Crippen molar-refractivity contribution in [3.8, 4) is 17.3 Å². The maximum Gasteiger partial charge on any atom is 0.323 e. The maximum atomic E-state index is 12.4. The highest BCUT2D eigenvalue weighted by Gasteiger charge is 2.12. The van der Waals surface area contributed by atoms with E-state index in [0.717, 1.165) is 5.69 Å². The predicted octanol–water partition coefficient (Wildman–Crippen LogP) is 5.41. The van der Waals surface area contributed by atoms with Crippen molar-refractivity contribution in [1.29, 1.82) is 0 Å². The van der Waals surface area contributed by atoms with Crippen LogP contribution in [0.5, 0.6) is 11.6 Å². The standard InChI is InChI=1S/C20H14Cl2N6O2/c21-13-3-8-18(16(22)10-13)30-19-17(2-1-9-24-19)27-20(29)26-14-4-6-15(7-5-14)28-12-23-11-25-28/h1-12H,(H2,26,27,29). The zero-order valence-electron chi connectivity index (χ0n) is 15.3. The highest BCUT2D eigenvalue weighted by Crippen LogP contribution is 2.33. The van der Waals surface area contributed by atoms with Crippen molar-refractivity contribution in [1.82, 2.24) is 19.7 Å². The Labute approximate surface area is 181 Å². The zero-order valence-corrected chi connectivity index (χ0v) is 16.8. The number of aromatic nitrogens is 4. The molecule has 0 fully saturated rings. The van der Waals surface area contributed by atoms with Gasteiger partial charge in [0.2, 0.25) is 5.88 Å². The van der Waals surface area contributed by atoms with Crippen molar-refractivity contribution in [2.24, 2.45) is 0 Å². The molecule has 150 valence electrons. The lowest BCUT2D eigenvalue weighted by atomic mass is 10.3. The van der Waals surface area contributed by atoms with E-state index < -0.39 is 6.03 Å². The number of hydrogen-bond acceptors (Lipinski definition) is 5. The van der Waals surface area contributed by atoms with Crippen molar-refractivity contribution >= 4 is 40.6 Å². The lowest BCUT2D eigenvalue weighted by molar-refractivity contribution is 0.262. The number of carbonyl (C=O) groups excluding carboxylic acids is 1. The molecule has 0 saturated carbocycles. The lowest BCUT2D eigenvalue weighted by Crippen LogP contribution is -2.20. The molecule has 0 bridgehead atoms. The second-order valence-electron chi connectivity index (χ2n) is 6.00. The number of rotatable bonds is 5. The third-order valence-corrected chi connectivity index (χ3v) is 4.46. The summed E-state index contributed by atoms with van der Waals surface area (Å²) in [7, 11) is 0. The lowest BCUT2D eigenvalue weighted by Gasteiger charge is -2.13. The molecule has 2 amide bonds. The van der Waals surface area contributed by atoms with E-state index in [4.69, 9.17) is 27.9 Å². The summed E-state index contributed by atoms with van der Waals surface area (Å²) in [5.74, 6) is 0.560. The highest BCUT2D eigenvalue weighted by molar-refractivity contribution is 6.35. The molecule has 0 radical (unpaired) electrons. The Morgan fingerprint density at radius 2 is 1.87 bits per heavy atom. The zero-order chi connectivity index (χ0) is 20.9. The Morgan fingerprint density at radius 1 is 1.03 bits per heavy atom. The van der Waals surface area contributed by atoms with Gasteiger partial charge in [-0.2, -0.15) is 5.10 Å². The summed E-state index contributed by atoms with van der Waals surface area (Å²) in [6.07, 6.45) is 4.58. The molecular weight excluding hydrogens is 427 g/mol. The van der Waals surface area contributed by atoms with E-state index in [9.17, 15) is 4.79 Å². The van der Waals surface area contributed by atoms with E-state index >= 15 is 0 Å². The second-order valence-corrected chi connectivity index (χ2v) is 6.84. The smallest absolute Gasteiger partial charge is 0.323 e. The van der Waals surface area contributed by atoms with Gasteiger partial charge in [0.25, 0.3) is 0 Å². The topological polar surface area (TPSA) is 94.0 Å². The van der Waals surface area contributed by atoms with Crippen molar-refractivity contribution in [3.05, 3.63) is 83.5 Å². The number of ether oxygens (including phenoxy) is 1. The molecule has 4 aromatic rings. The van der Waals surface area contributed by atoms with Crippen molar-refractivity contribution in [3.63, 3.8) is 0 Å². The number of amides is 2. The van der Waals surface area contributed by atoms with E-state index in [-0.39, 0.29) is 5.88 Å². The van der Waals surface area contributed by atoms with Crippen LogP contribution in [0, 0.1) is 0 Å². The maximum absolute atomic E-state index is 12.4. The van der Waals surface area contributed by atoms with Gasteiger partial charge in [-0.25, -0.2) is 19.4 Å². The van der Waals surface area contributed by atoms with Gasteiger partial charge in [0, 0.05) is 16.9 Å². The van der Waals surface area contributed by atoms with Gasteiger partial charge in [0.05, 0.1) is 10.7 Å². The molecule has 2 N–H and O–H groups in total. The molecule has 2 aromatic heterocycles. The van der Waals surface area contributed by atoms with Crippen molar-refractivity contribution in [2.75, 3.05) is 10.6 Å². The fraction of sp³-hybridized carbons (Fsp3) is 0. The molecule has 0 aliphatic heterocycles. The number of nitrogens with one attached hydrogen (secondary N) is 2. The third-order valence-electron chi connectivity index (χ3n) is 3.93. The van der Waals surface area contributed by atoms with Crippen molar-refractivity contribution < 1.29 is 9.53 Å². The van der Waals surface area contributed by atoms with Gasteiger partial charge in [0.1, 0.15) is 24.1 Å². The normalized spacial score (nSPS) is 10.5. The Hall–Kier alpha value is -3.62. The van der Waals surface area contributed by atoms with Crippen LogP contribution in [0.3, 0.4) is 0 Å². The quantitative estimate of drug-likeness (QED) is 0.432. The minimum atomic E-state index is -0.455. The monoisotopic (exact) mass is 440 g/mol. The minimum absolute atomic E-state index is 0.193. The van der Waals surface area contributed by atoms with Crippen LogP contribution in [0.4, 0.5) is 16.2 Å². The Morgan fingerprint density at radius 3 is 2.60 bits per heavy atom. The first-order valence-electron chi connectivity index (χ1n) is 8.69. The predicted molar refractivity (Wildman–Crippen MR) is 115 cm³/mol. The number of benzene rings is 2. The number of halogens is 2. The van der Waals surface area contributed by atoms with Crippen LogP contribution in [0.25, 0.3) is 5.69 Å². The molecule has 0 aliphatic rings.